The van der Waals surface area contributed by atoms with Crippen LogP contribution in [-0.2, 0) is 11.3 Å². The Bertz CT molecular complexity index is 547. The SMILES string of the molecule is CCC(=O)Nc1ccc(C)c(NCc2ccc[nH]2)c1. The summed E-state index contributed by atoms with van der Waals surface area (Å²) in [7, 11) is 0. The van der Waals surface area contributed by atoms with E-state index in [1.165, 1.54) is 0 Å². The van der Waals surface area contributed by atoms with Crippen molar-refractivity contribution in [2.75, 3.05) is 10.6 Å². The summed E-state index contributed by atoms with van der Waals surface area (Å²) in [5.41, 5.74) is 4.14. The lowest BCUT2D eigenvalue weighted by molar-refractivity contribution is -0.115. The van der Waals surface area contributed by atoms with E-state index in [1.807, 2.05) is 50.4 Å². The van der Waals surface area contributed by atoms with Crippen LogP contribution in [0.2, 0.25) is 0 Å². The molecule has 0 fully saturated rings. The van der Waals surface area contributed by atoms with Gasteiger partial charge < -0.3 is 15.6 Å². The van der Waals surface area contributed by atoms with Gasteiger partial charge in [0.1, 0.15) is 0 Å². The monoisotopic (exact) mass is 257 g/mol. The lowest BCUT2D eigenvalue weighted by Gasteiger charge is -2.11. The Kier molecular flexibility index (Phi) is 4.23. The van der Waals surface area contributed by atoms with Gasteiger partial charge >= 0.3 is 0 Å². The average Bonchev–Trinajstić information content (AvgIpc) is 2.92. The zero-order valence-corrected chi connectivity index (χ0v) is 11.3. The Morgan fingerprint density at radius 1 is 1.32 bits per heavy atom. The molecule has 0 aliphatic carbocycles. The number of aryl methyl sites for hydroxylation is 1. The second-order valence-electron chi connectivity index (χ2n) is 4.48. The summed E-state index contributed by atoms with van der Waals surface area (Å²) in [5.74, 6) is 0.0270. The number of aromatic nitrogens is 1. The highest BCUT2D eigenvalue weighted by atomic mass is 16.1. The molecule has 1 amide bonds. The molecule has 4 heteroatoms. The second kappa shape index (κ2) is 6.09. The molecule has 1 aromatic carbocycles. The molecule has 0 aliphatic rings. The molecule has 4 nitrogen and oxygen atoms in total. The van der Waals surface area contributed by atoms with Crippen LogP contribution in [0, 0.1) is 6.92 Å². The number of hydrogen-bond acceptors (Lipinski definition) is 2. The van der Waals surface area contributed by atoms with E-state index in [1.54, 1.807) is 0 Å². The average molecular weight is 257 g/mol. The van der Waals surface area contributed by atoms with Crippen molar-refractivity contribution in [3.8, 4) is 0 Å². The summed E-state index contributed by atoms with van der Waals surface area (Å²) in [6, 6.07) is 9.89. The molecule has 19 heavy (non-hydrogen) atoms. The number of H-pyrrole nitrogens is 1. The van der Waals surface area contributed by atoms with E-state index in [-0.39, 0.29) is 5.91 Å². The standard InChI is InChI=1S/C15H19N3O/c1-3-15(19)18-12-7-6-11(2)14(9-12)17-10-13-5-4-8-16-13/h4-9,16-17H,3,10H2,1-2H3,(H,18,19). The fourth-order valence-electron chi connectivity index (χ4n) is 1.81. The van der Waals surface area contributed by atoms with Crippen molar-refractivity contribution in [2.45, 2.75) is 26.8 Å². The van der Waals surface area contributed by atoms with Crippen LogP contribution in [-0.4, -0.2) is 10.9 Å². The summed E-state index contributed by atoms with van der Waals surface area (Å²) < 4.78 is 0. The lowest BCUT2D eigenvalue weighted by atomic mass is 10.1. The Morgan fingerprint density at radius 3 is 2.84 bits per heavy atom. The summed E-state index contributed by atoms with van der Waals surface area (Å²) in [6.45, 7) is 4.62. The third kappa shape index (κ3) is 3.61. The second-order valence-corrected chi connectivity index (χ2v) is 4.48. The molecule has 2 aromatic rings. The van der Waals surface area contributed by atoms with E-state index < -0.39 is 0 Å². The molecule has 0 bridgehead atoms. The van der Waals surface area contributed by atoms with Crippen LogP contribution in [0.1, 0.15) is 24.6 Å². The van der Waals surface area contributed by atoms with Gasteiger partial charge in [-0.3, -0.25) is 4.79 Å². The molecule has 0 radical (unpaired) electrons. The van der Waals surface area contributed by atoms with Crippen molar-refractivity contribution in [2.24, 2.45) is 0 Å². The highest BCUT2D eigenvalue weighted by Crippen LogP contribution is 2.21. The Hall–Kier alpha value is -2.23. The molecular formula is C15H19N3O. The molecule has 0 saturated carbocycles. The first-order valence-electron chi connectivity index (χ1n) is 6.45. The summed E-state index contributed by atoms with van der Waals surface area (Å²) in [6.07, 6.45) is 2.39. The normalized spacial score (nSPS) is 10.2. The van der Waals surface area contributed by atoms with Gasteiger partial charge in [0.05, 0.1) is 6.54 Å². The van der Waals surface area contributed by atoms with Crippen LogP contribution in [0.3, 0.4) is 0 Å². The van der Waals surface area contributed by atoms with Crippen LogP contribution in [0.5, 0.6) is 0 Å². The summed E-state index contributed by atoms with van der Waals surface area (Å²) in [5, 5.41) is 6.23. The molecule has 0 atom stereocenters. The molecule has 0 aliphatic heterocycles. The third-order valence-electron chi connectivity index (χ3n) is 2.97. The number of anilines is 2. The molecule has 2 rings (SSSR count). The van der Waals surface area contributed by atoms with E-state index in [0.29, 0.717) is 6.42 Å². The maximum atomic E-state index is 11.4. The zero-order chi connectivity index (χ0) is 13.7. The third-order valence-corrected chi connectivity index (χ3v) is 2.97. The minimum atomic E-state index is 0.0270. The van der Waals surface area contributed by atoms with E-state index in [0.717, 1.165) is 29.2 Å². The van der Waals surface area contributed by atoms with Crippen molar-refractivity contribution in [3.05, 3.63) is 47.8 Å². The van der Waals surface area contributed by atoms with Gasteiger partial charge in [0, 0.05) is 29.7 Å². The maximum absolute atomic E-state index is 11.4. The minimum absolute atomic E-state index is 0.0270. The van der Waals surface area contributed by atoms with E-state index in [2.05, 4.69) is 15.6 Å². The first kappa shape index (κ1) is 13.2. The predicted molar refractivity (Wildman–Crippen MR) is 78.2 cm³/mol. The van der Waals surface area contributed by atoms with Gasteiger partial charge in [0.2, 0.25) is 5.91 Å². The van der Waals surface area contributed by atoms with E-state index >= 15 is 0 Å². The molecule has 100 valence electrons. The van der Waals surface area contributed by atoms with Crippen LogP contribution in [0.4, 0.5) is 11.4 Å². The number of benzene rings is 1. The quantitative estimate of drug-likeness (QED) is 0.770. The van der Waals surface area contributed by atoms with Gasteiger partial charge in [0.25, 0.3) is 0 Å². The van der Waals surface area contributed by atoms with E-state index in [4.69, 9.17) is 0 Å². The highest BCUT2D eigenvalue weighted by Gasteiger charge is 2.03. The molecule has 0 spiro atoms. The number of amides is 1. The molecule has 1 aromatic heterocycles. The highest BCUT2D eigenvalue weighted by molar-refractivity contribution is 5.91. The fourth-order valence-corrected chi connectivity index (χ4v) is 1.81. The molecule has 0 unspecified atom stereocenters. The number of carbonyl (C=O) groups excluding carboxylic acids is 1. The Morgan fingerprint density at radius 2 is 2.16 bits per heavy atom. The molecule has 0 saturated heterocycles. The van der Waals surface area contributed by atoms with Crippen molar-refractivity contribution in [1.82, 2.24) is 4.98 Å². The number of aromatic amines is 1. The number of hydrogen-bond donors (Lipinski definition) is 3. The van der Waals surface area contributed by atoms with Crippen LogP contribution >= 0.6 is 0 Å². The number of carbonyl (C=O) groups is 1. The number of nitrogens with one attached hydrogen (secondary N) is 3. The first-order valence-corrected chi connectivity index (χ1v) is 6.45. The lowest BCUT2D eigenvalue weighted by Crippen LogP contribution is -2.10. The molecular weight excluding hydrogens is 238 g/mol. The summed E-state index contributed by atoms with van der Waals surface area (Å²) >= 11 is 0. The van der Waals surface area contributed by atoms with Crippen molar-refractivity contribution in [1.29, 1.82) is 0 Å². The van der Waals surface area contributed by atoms with Crippen molar-refractivity contribution in [3.63, 3.8) is 0 Å². The van der Waals surface area contributed by atoms with E-state index in [9.17, 15) is 4.79 Å². The summed E-state index contributed by atoms with van der Waals surface area (Å²) in [4.78, 5) is 14.5. The molecule has 3 N–H and O–H groups in total. The topological polar surface area (TPSA) is 56.9 Å². The van der Waals surface area contributed by atoms with Gasteiger partial charge in [0.15, 0.2) is 0 Å². The van der Waals surface area contributed by atoms with Crippen molar-refractivity contribution >= 4 is 17.3 Å². The van der Waals surface area contributed by atoms with Crippen LogP contribution in [0.15, 0.2) is 36.5 Å². The molecule has 1 heterocycles. The maximum Gasteiger partial charge on any atom is 0.224 e. The van der Waals surface area contributed by atoms with Gasteiger partial charge in [-0.1, -0.05) is 13.0 Å². The van der Waals surface area contributed by atoms with Crippen LogP contribution < -0.4 is 10.6 Å². The largest absolute Gasteiger partial charge is 0.379 e. The van der Waals surface area contributed by atoms with Gasteiger partial charge in [-0.15, -0.1) is 0 Å². The minimum Gasteiger partial charge on any atom is -0.379 e. The van der Waals surface area contributed by atoms with Gasteiger partial charge in [-0.05, 0) is 36.8 Å². The smallest absolute Gasteiger partial charge is 0.224 e. The fraction of sp³-hybridized carbons (Fsp3) is 0.267. The van der Waals surface area contributed by atoms with Crippen LogP contribution in [0.25, 0.3) is 0 Å². The first-order chi connectivity index (χ1) is 9.19. The predicted octanol–water partition coefficient (Wildman–Crippen LogP) is 3.28. The Labute approximate surface area is 113 Å². The van der Waals surface area contributed by atoms with Crippen molar-refractivity contribution < 1.29 is 4.79 Å². The van der Waals surface area contributed by atoms with Gasteiger partial charge in [-0.25, -0.2) is 0 Å². The number of rotatable bonds is 5. The Balaban J connectivity index is 2.06. The van der Waals surface area contributed by atoms with Gasteiger partial charge in [-0.2, -0.15) is 0 Å². The zero-order valence-electron chi connectivity index (χ0n) is 11.3.